The molecule has 0 saturated carbocycles. The van der Waals surface area contributed by atoms with Gasteiger partial charge in [0.1, 0.15) is 12.3 Å². The highest BCUT2D eigenvalue weighted by Gasteiger charge is 2.15. The van der Waals surface area contributed by atoms with Gasteiger partial charge in [-0.25, -0.2) is 0 Å². The van der Waals surface area contributed by atoms with Crippen molar-refractivity contribution >= 4 is 29.4 Å². The van der Waals surface area contributed by atoms with E-state index in [1.165, 1.54) is 24.1 Å². The fraction of sp³-hybridized carbons (Fsp3) is 0.238. The van der Waals surface area contributed by atoms with Gasteiger partial charge in [0.05, 0.1) is 12.7 Å². The molecule has 30 heavy (non-hydrogen) atoms. The first kappa shape index (κ1) is 22.4. The fourth-order valence-corrected chi connectivity index (χ4v) is 2.28. The van der Waals surface area contributed by atoms with Crippen LogP contribution in [0.2, 0.25) is 0 Å². The van der Waals surface area contributed by atoms with Gasteiger partial charge < -0.3 is 25.0 Å². The number of esters is 1. The molecule has 0 aliphatic heterocycles. The fourth-order valence-electron chi connectivity index (χ4n) is 2.28. The van der Waals surface area contributed by atoms with Gasteiger partial charge in [-0.15, -0.1) is 0 Å². The van der Waals surface area contributed by atoms with Gasteiger partial charge in [-0.2, -0.15) is 0 Å². The number of hydrogen-bond acceptors (Lipinski definition) is 6. The van der Waals surface area contributed by atoms with Gasteiger partial charge in [0.2, 0.25) is 0 Å². The van der Waals surface area contributed by atoms with Crippen LogP contribution in [0.25, 0.3) is 0 Å². The van der Waals surface area contributed by atoms with Crippen molar-refractivity contribution in [2.24, 2.45) is 0 Å². The normalized spacial score (nSPS) is 9.97. The summed E-state index contributed by atoms with van der Waals surface area (Å²) >= 11 is 0. The van der Waals surface area contributed by atoms with Crippen molar-refractivity contribution in [2.75, 3.05) is 39.7 Å². The van der Waals surface area contributed by atoms with E-state index in [1.54, 1.807) is 50.5 Å². The molecule has 0 unspecified atom stereocenters. The average molecular weight is 413 g/mol. The molecular formula is C21H23N3O6. The predicted molar refractivity (Wildman–Crippen MR) is 109 cm³/mol. The number of hydrogen-bond donors (Lipinski definition) is 2. The van der Waals surface area contributed by atoms with Crippen LogP contribution in [0.3, 0.4) is 0 Å². The Labute approximate surface area is 174 Å². The molecule has 2 rings (SSSR count). The second-order valence-corrected chi connectivity index (χ2v) is 6.36. The van der Waals surface area contributed by atoms with E-state index in [0.717, 1.165) is 0 Å². The molecule has 158 valence electrons. The molecule has 2 N–H and O–H groups in total. The van der Waals surface area contributed by atoms with E-state index in [0.29, 0.717) is 11.3 Å². The lowest BCUT2D eigenvalue weighted by atomic mass is 10.1. The van der Waals surface area contributed by atoms with Gasteiger partial charge in [0.15, 0.2) is 6.61 Å². The van der Waals surface area contributed by atoms with E-state index in [-0.39, 0.29) is 30.4 Å². The summed E-state index contributed by atoms with van der Waals surface area (Å²) in [4.78, 5) is 48.8. The smallest absolute Gasteiger partial charge is 0.325 e. The number of methoxy groups -OCH3 is 1. The number of carbonyl (C=O) groups excluding carboxylic acids is 4. The maximum absolute atomic E-state index is 12.6. The SMILES string of the molecule is COC(=O)CNC(=O)c1ccc(NC(=O)c2ccccc2OCC(=O)N(C)C)cc1. The van der Waals surface area contributed by atoms with Crippen LogP contribution in [0.1, 0.15) is 20.7 Å². The number of carbonyl (C=O) groups is 4. The van der Waals surface area contributed by atoms with Crippen molar-refractivity contribution in [3.8, 4) is 5.75 Å². The third-order valence-corrected chi connectivity index (χ3v) is 4.01. The number of amides is 3. The first-order valence-electron chi connectivity index (χ1n) is 9.00. The quantitative estimate of drug-likeness (QED) is 0.631. The summed E-state index contributed by atoms with van der Waals surface area (Å²) < 4.78 is 9.94. The average Bonchev–Trinajstić information content (AvgIpc) is 2.76. The van der Waals surface area contributed by atoms with Crippen LogP contribution in [-0.4, -0.2) is 62.9 Å². The number of anilines is 1. The van der Waals surface area contributed by atoms with E-state index < -0.39 is 17.8 Å². The molecule has 0 aliphatic rings. The molecule has 2 aromatic rings. The summed E-state index contributed by atoms with van der Waals surface area (Å²) in [6, 6.07) is 12.7. The molecule has 0 fully saturated rings. The second-order valence-electron chi connectivity index (χ2n) is 6.36. The van der Waals surface area contributed by atoms with Gasteiger partial charge in [0.25, 0.3) is 17.7 Å². The minimum Gasteiger partial charge on any atom is -0.483 e. The summed E-state index contributed by atoms with van der Waals surface area (Å²) in [7, 11) is 4.46. The highest BCUT2D eigenvalue weighted by Crippen LogP contribution is 2.20. The van der Waals surface area contributed by atoms with Gasteiger partial charge in [-0.05, 0) is 36.4 Å². The van der Waals surface area contributed by atoms with Crippen LogP contribution in [0, 0.1) is 0 Å². The summed E-state index contributed by atoms with van der Waals surface area (Å²) in [6.45, 7) is -0.423. The Kier molecular flexibility index (Phi) is 7.92. The number of ether oxygens (including phenoxy) is 2. The largest absolute Gasteiger partial charge is 0.483 e. The number of para-hydroxylation sites is 1. The van der Waals surface area contributed by atoms with Crippen molar-refractivity contribution < 1.29 is 28.7 Å². The third kappa shape index (κ3) is 6.33. The zero-order valence-electron chi connectivity index (χ0n) is 16.9. The summed E-state index contributed by atoms with van der Waals surface area (Å²) in [5.74, 6) is -1.37. The second kappa shape index (κ2) is 10.6. The maximum Gasteiger partial charge on any atom is 0.325 e. The first-order chi connectivity index (χ1) is 14.3. The highest BCUT2D eigenvalue weighted by atomic mass is 16.5. The molecule has 0 bridgehead atoms. The number of likely N-dealkylation sites (N-methyl/N-ethyl adjacent to an activating group) is 1. The molecular weight excluding hydrogens is 390 g/mol. The molecule has 0 aromatic heterocycles. The van der Waals surface area contributed by atoms with Gasteiger partial charge in [-0.1, -0.05) is 12.1 Å². The van der Waals surface area contributed by atoms with Crippen LogP contribution >= 0.6 is 0 Å². The lowest BCUT2D eigenvalue weighted by Crippen LogP contribution is -2.30. The molecule has 2 aromatic carbocycles. The molecule has 9 heteroatoms. The highest BCUT2D eigenvalue weighted by molar-refractivity contribution is 6.06. The summed E-state index contributed by atoms with van der Waals surface area (Å²) in [5, 5.41) is 5.14. The standard InChI is InChI=1S/C21H23N3O6/c1-24(2)18(25)13-30-17-7-5-4-6-16(17)21(28)23-15-10-8-14(9-11-15)20(27)22-12-19(26)29-3/h4-11H,12-13H2,1-3H3,(H,22,27)(H,23,28). The predicted octanol–water partition coefficient (Wildman–Crippen LogP) is 1.31. The number of nitrogens with one attached hydrogen (secondary N) is 2. The number of nitrogens with zero attached hydrogens (tertiary/aromatic N) is 1. The Hall–Kier alpha value is -3.88. The van der Waals surface area contributed by atoms with E-state index in [4.69, 9.17) is 4.74 Å². The molecule has 9 nitrogen and oxygen atoms in total. The Balaban J connectivity index is 2.02. The van der Waals surface area contributed by atoms with Crippen LogP contribution in [0.4, 0.5) is 5.69 Å². The zero-order chi connectivity index (χ0) is 22.1. The summed E-state index contributed by atoms with van der Waals surface area (Å²) in [5.41, 5.74) is 1.05. The first-order valence-corrected chi connectivity index (χ1v) is 9.00. The lowest BCUT2D eigenvalue weighted by Gasteiger charge is -2.14. The third-order valence-electron chi connectivity index (χ3n) is 4.01. The Morgan fingerprint density at radius 1 is 0.933 bits per heavy atom. The van der Waals surface area contributed by atoms with Crippen LogP contribution in [-0.2, 0) is 14.3 Å². The van der Waals surface area contributed by atoms with Crippen molar-refractivity contribution in [3.05, 3.63) is 59.7 Å². The monoisotopic (exact) mass is 413 g/mol. The van der Waals surface area contributed by atoms with E-state index in [1.807, 2.05) is 0 Å². The number of benzene rings is 2. The van der Waals surface area contributed by atoms with Gasteiger partial charge in [-0.3, -0.25) is 19.2 Å². The molecule has 0 spiro atoms. The Morgan fingerprint density at radius 3 is 2.23 bits per heavy atom. The van der Waals surface area contributed by atoms with Crippen LogP contribution in [0.5, 0.6) is 5.75 Å². The molecule has 0 heterocycles. The van der Waals surface area contributed by atoms with Crippen LogP contribution in [0.15, 0.2) is 48.5 Å². The van der Waals surface area contributed by atoms with Crippen molar-refractivity contribution in [2.45, 2.75) is 0 Å². The Bertz CT molecular complexity index is 925. The van der Waals surface area contributed by atoms with Gasteiger partial charge in [0, 0.05) is 25.3 Å². The number of rotatable bonds is 8. The molecule has 0 radical (unpaired) electrons. The Morgan fingerprint density at radius 2 is 1.60 bits per heavy atom. The van der Waals surface area contributed by atoms with Crippen LogP contribution < -0.4 is 15.4 Å². The zero-order valence-corrected chi connectivity index (χ0v) is 16.9. The van der Waals surface area contributed by atoms with E-state index in [2.05, 4.69) is 15.4 Å². The molecule has 3 amide bonds. The molecule has 0 saturated heterocycles. The molecule has 0 aliphatic carbocycles. The van der Waals surface area contributed by atoms with E-state index in [9.17, 15) is 19.2 Å². The van der Waals surface area contributed by atoms with Gasteiger partial charge >= 0.3 is 5.97 Å². The minimum absolute atomic E-state index is 0.188. The van der Waals surface area contributed by atoms with Crippen molar-refractivity contribution in [1.29, 1.82) is 0 Å². The lowest BCUT2D eigenvalue weighted by molar-refractivity contribution is -0.139. The summed E-state index contributed by atoms with van der Waals surface area (Å²) in [6.07, 6.45) is 0. The topological polar surface area (TPSA) is 114 Å². The van der Waals surface area contributed by atoms with Crippen molar-refractivity contribution in [1.82, 2.24) is 10.2 Å². The molecule has 0 atom stereocenters. The van der Waals surface area contributed by atoms with Crippen molar-refractivity contribution in [3.63, 3.8) is 0 Å². The maximum atomic E-state index is 12.6. The minimum atomic E-state index is -0.555. The van der Waals surface area contributed by atoms with E-state index >= 15 is 0 Å².